The molecule has 0 aliphatic rings. The van der Waals surface area contributed by atoms with Crippen LogP contribution in [0.1, 0.15) is 27.0 Å². The smallest absolute Gasteiger partial charge is 0.255 e. The van der Waals surface area contributed by atoms with E-state index in [1.54, 1.807) is 10.9 Å². The van der Waals surface area contributed by atoms with E-state index in [2.05, 4.69) is 10.6 Å². The van der Waals surface area contributed by atoms with Crippen LogP contribution in [-0.2, 0) is 17.9 Å². The Balaban J connectivity index is 1.51. The monoisotopic (exact) mass is 481 g/mol. The first kappa shape index (κ1) is 24.9. The third kappa shape index (κ3) is 6.67. The van der Waals surface area contributed by atoms with Gasteiger partial charge in [0.2, 0.25) is 5.91 Å². The summed E-state index contributed by atoms with van der Waals surface area (Å²) in [5.41, 5.74) is 5.90. The first-order valence-corrected chi connectivity index (χ1v) is 11.9. The summed E-state index contributed by atoms with van der Waals surface area (Å²) in [4.78, 5) is 27.2. The van der Waals surface area contributed by atoms with Crippen molar-refractivity contribution in [3.05, 3.63) is 107 Å². The van der Waals surface area contributed by atoms with Crippen LogP contribution in [0.25, 0.3) is 11.3 Å². The highest BCUT2D eigenvalue weighted by atomic mass is 16.2. The molecule has 0 spiro atoms. The zero-order chi connectivity index (χ0) is 25.5. The molecular formula is C29H31N5O2. The first-order valence-electron chi connectivity index (χ1n) is 11.9. The molecule has 7 heteroatoms. The van der Waals surface area contributed by atoms with Crippen LogP contribution in [0.5, 0.6) is 0 Å². The number of aromatic nitrogens is 2. The molecule has 3 aromatic carbocycles. The number of amides is 2. The second-order valence-corrected chi connectivity index (χ2v) is 9.11. The summed E-state index contributed by atoms with van der Waals surface area (Å²) < 4.78 is 1.81. The van der Waals surface area contributed by atoms with Crippen molar-refractivity contribution in [2.75, 3.05) is 26.0 Å². The molecule has 0 saturated heterocycles. The number of nitrogens with zero attached hydrogens (tertiary/aromatic N) is 3. The maximum atomic E-state index is 13.3. The van der Waals surface area contributed by atoms with Gasteiger partial charge in [0.15, 0.2) is 0 Å². The SMILES string of the molecule is Cc1ccc(-c2nn(Cc3ccccc3)cc2C(=O)NCc2cccc(NC(=O)CN(C)C)c2)cc1. The van der Waals surface area contributed by atoms with E-state index < -0.39 is 0 Å². The Hall–Kier alpha value is -4.23. The van der Waals surface area contributed by atoms with Crippen LogP contribution in [0.15, 0.2) is 85.1 Å². The maximum absolute atomic E-state index is 13.3. The third-order valence-electron chi connectivity index (χ3n) is 5.64. The average molecular weight is 482 g/mol. The number of aryl methyl sites for hydroxylation is 1. The topological polar surface area (TPSA) is 79.3 Å². The molecule has 36 heavy (non-hydrogen) atoms. The van der Waals surface area contributed by atoms with Gasteiger partial charge in [0.1, 0.15) is 5.69 Å². The highest BCUT2D eigenvalue weighted by Crippen LogP contribution is 2.23. The van der Waals surface area contributed by atoms with E-state index in [-0.39, 0.29) is 11.8 Å². The van der Waals surface area contributed by atoms with Crippen molar-refractivity contribution in [2.45, 2.75) is 20.0 Å². The summed E-state index contributed by atoms with van der Waals surface area (Å²) in [6, 6.07) is 25.5. The lowest BCUT2D eigenvalue weighted by molar-refractivity contribution is -0.116. The molecule has 0 unspecified atom stereocenters. The van der Waals surface area contributed by atoms with E-state index in [4.69, 9.17) is 5.10 Å². The van der Waals surface area contributed by atoms with Crippen molar-refractivity contribution in [2.24, 2.45) is 0 Å². The molecule has 0 aliphatic carbocycles. The van der Waals surface area contributed by atoms with Gasteiger partial charge in [-0.05, 0) is 44.3 Å². The van der Waals surface area contributed by atoms with Crippen molar-refractivity contribution in [1.82, 2.24) is 20.0 Å². The van der Waals surface area contributed by atoms with Crippen molar-refractivity contribution in [1.29, 1.82) is 0 Å². The second kappa shape index (κ2) is 11.5. The number of nitrogens with one attached hydrogen (secondary N) is 2. The number of carbonyl (C=O) groups excluding carboxylic acids is 2. The Labute approximate surface area is 211 Å². The van der Waals surface area contributed by atoms with E-state index in [9.17, 15) is 9.59 Å². The Bertz CT molecular complexity index is 1330. The molecule has 4 rings (SSSR count). The lowest BCUT2D eigenvalue weighted by Crippen LogP contribution is -2.27. The van der Waals surface area contributed by atoms with E-state index >= 15 is 0 Å². The van der Waals surface area contributed by atoms with Crippen molar-refractivity contribution in [3.8, 4) is 11.3 Å². The standard InChI is InChI=1S/C29H31N5O2/c1-21-12-14-24(15-13-21)28-26(19-34(32-28)18-22-8-5-4-6-9-22)29(36)30-17-23-10-7-11-25(16-23)31-27(35)20-33(2)3/h4-16,19H,17-18,20H2,1-3H3,(H,30,36)(H,31,35). The molecule has 0 bridgehead atoms. The van der Waals surface area contributed by atoms with Gasteiger partial charge in [-0.1, -0.05) is 72.3 Å². The van der Waals surface area contributed by atoms with Gasteiger partial charge >= 0.3 is 0 Å². The van der Waals surface area contributed by atoms with Crippen LogP contribution in [-0.4, -0.2) is 47.1 Å². The summed E-state index contributed by atoms with van der Waals surface area (Å²) in [5, 5.41) is 10.7. The van der Waals surface area contributed by atoms with Gasteiger partial charge in [0.25, 0.3) is 5.91 Å². The summed E-state index contributed by atoms with van der Waals surface area (Å²) in [6.07, 6.45) is 1.80. The Morgan fingerprint density at radius 2 is 1.64 bits per heavy atom. The fraction of sp³-hybridized carbons (Fsp3) is 0.207. The molecule has 0 fully saturated rings. The normalized spacial score (nSPS) is 10.9. The molecule has 1 aromatic heterocycles. The van der Waals surface area contributed by atoms with Gasteiger partial charge in [-0.3, -0.25) is 14.3 Å². The molecule has 4 aromatic rings. The van der Waals surface area contributed by atoms with E-state index in [0.29, 0.717) is 36.6 Å². The number of benzene rings is 3. The number of rotatable bonds is 9. The zero-order valence-electron chi connectivity index (χ0n) is 20.9. The number of hydrogen-bond donors (Lipinski definition) is 2. The molecule has 184 valence electrons. The molecule has 2 amide bonds. The van der Waals surface area contributed by atoms with Crippen LogP contribution < -0.4 is 10.6 Å². The predicted molar refractivity (Wildman–Crippen MR) is 143 cm³/mol. The average Bonchev–Trinajstić information content (AvgIpc) is 3.27. The molecule has 0 atom stereocenters. The van der Waals surface area contributed by atoms with Gasteiger partial charge in [-0.25, -0.2) is 0 Å². The van der Waals surface area contributed by atoms with Crippen LogP contribution in [0.4, 0.5) is 5.69 Å². The molecular weight excluding hydrogens is 450 g/mol. The quantitative estimate of drug-likeness (QED) is 0.373. The molecule has 0 saturated carbocycles. The van der Waals surface area contributed by atoms with Gasteiger partial charge < -0.3 is 15.5 Å². The van der Waals surface area contributed by atoms with Crippen molar-refractivity contribution < 1.29 is 9.59 Å². The van der Waals surface area contributed by atoms with E-state index in [1.807, 2.05) is 105 Å². The highest BCUT2D eigenvalue weighted by molar-refractivity contribution is 5.99. The molecule has 0 radical (unpaired) electrons. The van der Waals surface area contributed by atoms with Gasteiger partial charge in [0.05, 0.1) is 18.7 Å². The zero-order valence-corrected chi connectivity index (χ0v) is 20.9. The molecule has 0 aliphatic heterocycles. The highest BCUT2D eigenvalue weighted by Gasteiger charge is 2.18. The van der Waals surface area contributed by atoms with Crippen LogP contribution in [0.3, 0.4) is 0 Å². The largest absolute Gasteiger partial charge is 0.348 e. The molecule has 2 N–H and O–H groups in total. The van der Waals surface area contributed by atoms with Crippen LogP contribution >= 0.6 is 0 Å². The summed E-state index contributed by atoms with van der Waals surface area (Å²) in [5.74, 6) is -0.290. The summed E-state index contributed by atoms with van der Waals surface area (Å²) in [6.45, 7) is 3.23. The fourth-order valence-corrected chi connectivity index (χ4v) is 3.89. The lowest BCUT2D eigenvalue weighted by atomic mass is 10.1. The van der Waals surface area contributed by atoms with Gasteiger partial charge in [0, 0.05) is 24.0 Å². The molecule has 7 nitrogen and oxygen atoms in total. The summed E-state index contributed by atoms with van der Waals surface area (Å²) >= 11 is 0. The van der Waals surface area contributed by atoms with Crippen molar-refractivity contribution >= 4 is 17.5 Å². The number of hydrogen-bond acceptors (Lipinski definition) is 4. The number of anilines is 1. The minimum atomic E-state index is -0.202. The Kier molecular flexibility index (Phi) is 7.92. The Morgan fingerprint density at radius 1 is 0.917 bits per heavy atom. The summed E-state index contributed by atoms with van der Waals surface area (Å²) in [7, 11) is 3.69. The number of carbonyl (C=O) groups is 2. The van der Waals surface area contributed by atoms with Crippen LogP contribution in [0, 0.1) is 6.92 Å². The van der Waals surface area contributed by atoms with Crippen molar-refractivity contribution in [3.63, 3.8) is 0 Å². The predicted octanol–water partition coefficient (Wildman–Crippen LogP) is 4.34. The van der Waals surface area contributed by atoms with Gasteiger partial charge in [-0.15, -0.1) is 0 Å². The number of likely N-dealkylation sites (N-methyl/N-ethyl adjacent to an activating group) is 1. The first-order chi connectivity index (χ1) is 17.4. The molecule has 1 heterocycles. The second-order valence-electron chi connectivity index (χ2n) is 9.11. The minimum absolute atomic E-state index is 0.0882. The Morgan fingerprint density at radius 3 is 2.36 bits per heavy atom. The lowest BCUT2D eigenvalue weighted by Gasteiger charge is -2.11. The fourth-order valence-electron chi connectivity index (χ4n) is 3.89. The minimum Gasteiger partial charge on any atom is -0.348 e. The third-order valence-corrected chi connectivity index (χ3v) is 5.64. The van der Waals surface area contributed by atoms with Crippen LogP contribution in [0.2, 0.25) is 0 Å². The van der Waals surface area contributed by atoms with Gasteiger partial charge in [-0.2, -0.15) is 5.10 Å². The maximum Gasteiger partial charge on any atom is 0.255 e. The van der Waals surface area contributed by atoms with E-state index in [1.165, 1.54) is 0 Å². The van der Waals surface area contributed by atoms with E-state index in [0.717, 1.165) is 22.3 Å².